The number of aromatic nitrogens is 3. The van der Waals surface area contributed by atoms with E-state index in [0.717, 1.165) is 55.7 Å². The molecule has 1 N–H and O–H groups in total. The van der Waals surface area contributed by atoms with Gasteiger partial charge in [-0.1, -0.05) is 19.3 Å². The van der Waals surface area contributed by atoms with Gasteiger partial charge in [0.15, 0.2) is 11.6 Å². The van der Waals surface area contributed by atoms with Crippen molar-refractivity contribution >= 4 is 11.6 Å². The molecule has 1 saturated carbocycles. The zero-order valence-corrected chi connectivity index (χ0v) is 20.9. The quantitative estimate of drug-likeness (QED) is 0.424. The van der Waals surface area contributed by atoms with E-state index in [1.54, 1.807) is 0 Å². The van der Waals surface area contributed by atoms with E-state index in [4.69, 9.17) is 4.74 Å². The fourth-order valence-electron chi connectivity index (χ4n) is 5.28. The number of amides is 1. The first-order valence-corrected chi connectivity index (χ1v) is 12.9. The molecule has 38 heavy (non-hydrogen) atoms. The molecule has 0 bridgehead atoms. The van der Waals surface area contributed by atoms with Gasteiger partial charge in [-0.3, -0.25) is 9.36 Å². The van der Waals surface area contributed by atoms with Gasteiger partial charge < -0.3 is 10.1 Å². The molecule has 5 rings (SSSR count). The molecule has 2 heterocycles. The summed E-state index contributed by atoms with van der Waals surface area (Å²) in [7, 11) is 0. The fourth-order valence-corrected chi connectivity index (χ4v) is 5.28. The van der Waals surface area contributed by atoms with E-state index < -0.39 is 40.6 Å². The van der Waals surface area contributed by atoms with Gasteiger partial charge in [-0.2, -0.15) is 4.68 Å². The lowest BCUT2D eigenvalue weighted by molar-refractivity contribution is 0.0996. The topological polar surface area (TPSA) is 78.2 Å². The van der Waals surface area contributed by atoms with Gasteiger partial charge in [0.25, 0.3) is 5.91 Å². The first-order chi connectivity index (χ1) is 18.2. The van der Waals surface area contributed by atoms with Crippen molar-refractivity contribution in [1.29, 1.82) is 0 Å². The number of nitrogens with one attached hydrogen (secondary N) is 1. The summed E-state index contributed by atoms with van der Waals surface area (Å²) in [6, 6.07) is 2.94. The Labute approximate surface area is 216 Å². The van der Waals surface area contributed by atoms with Crippen LogP contribution in [0.5, 0.6) is 5.75 Å². The van der Waals surface area contributed by atoms with Crippen LogP contribution < -0.4 is 15.7 Å². The number of rotatable bonds is 6. The van der Waals surface area contributed by atoms with Gasteiger partial charge >= 0.3 is 5.69 Å². The zero-order chi connectivity index (χ0) is 27.0. The second-order valence-electron chi connectivity index (χ2n) is 9.94. The number of nitrogens with zero attached hydrogens (tertiary/aromatic N) is 3. The highest BCUT2D eigenvalue weighted by atomic mass is 19.1. The first kappa shape index (κ1) is 26.0. The third-order valence-electron chi connectivity index (χ3n) is 7.36. The average Bonchev–Trinajstić information content (AvgIpc) is 3.23. The van der Waals surface area contributed by atoms with E-state index in [-0.39, 0.29) is 29.0 Å². The van der Waals surface area contributed by atoms with Crippen LogP contribution in [0, 0.1) is 29.2 Å². The third kappa shape index (κ3) is 5.06. The van der Waals surface area contributed by atoms with Gasteiger partial charge in [0.1, 0.15) is 34.6 Å². The van der Waals surface area contributed by atoms with Gasteiger partial charge in [0.05, 0.1) is 11.7 Å². The molecule has 1 aromatic heterocycles. The minimum absolute atomic E-state index is 0.0576. The molecule has 1 aliphatic heterocycles. The van der Waals surface area contributed by atoms with E-state index in [9.17, 15) is 22.8 Å². The molecular weight excluding hydrogens is 504 g/mol. The van der Waals surface area contributed by atoms with Crippen molar-refractivity contribution in [3.63, 3.8) is 0 Å². The second kappa shape index (κ2) is 10.6. The van der Waals surface area contributed by atoms with E-state index >= 15 is 4.39 Å². The molecule has 0 saturated heterocycles. The minimum Gasteiger partial charge on any atom is -0.490 e. The molecule has 1 aliphatic carbocycles. The highest BCUT2D eigenvalue weighted by molar-refractivity contribution is 6.06. The maximum Gasteiger partial charge on any atom is 0.350 e. The van der Waals surface area contributed by atoms with Gasteiger partial charge in [0.2, 0.25) is 0 Å². The van der Waals surface area contributed by atoms with Crippen molar-refractivity contribution in [3.05, 3.63) is 69.4 Å². The summed E-state index contributed by atoms with van der Waals surface area (Å²) in [5, 5.41) is 6.36. The van der Waals surface area contributed by atoms with Gasteiger partial charge in [0, 0.05) is 31.2 Å². The smallest absolute Gasteiger partial charge is 0.350 e. The Morgan fingerprint density at radius 2 is 1.71 bits per heavy atom. The number of anilines is 1. The Kier molecular flexibility index (Phi) is 7.27. The molecule has 1 unspecified atom stereocenters. The minimum atomic E-state index is -1.32. The van der Waals surface area contributed by atoms with E-state index in [1.165, 1.54) is 10.6 Å². The van der Waals surface area contributed by atoms with Gasteiger partial charge in [-0.25, -0.2) is 22.4 Å². The largest absolute Gasteiger partial charge is 0.490 e. The molecule has 0 spiro atoms. The molecule has 202 valence electrons. The standard InChI is InChI=1S/C27H28F4N4O3/c1-15(16-7-3-2-4-8-16)38-23-14-22(35-27(37)34-10-6-5-9-24(34)33-35)19(29)13-18(23)26(36)32-25-20(30)11-17(28)12-21(25)31/h11-16H,2-10H2,1H3,(H,32,36). The summed E-state index contributed by atoms with van der Waals surface area (Å²) in [6.45, 7) is 2.33. The number of halogens is 4. The Hall–Kier alpha value is -3.63. The van der Waals surface area contributed by atoms with Crippen molar-refractivity contribution in [1.82, 2.24) is 14.3 Å². The summed E-state index contributed by atoms with van der Waals surface area (Å²) in [4.78, 5) is 26.1. The number of carbonyl (C=O) groups excluding carboxylic acids is 1. The molecule has 1 atom stereocenters. The summed E-state index contributed by atoms with van der Waals surface area (Å²) >= 11 is 0. The van der Waals surface area contributed by atoms with Crippen LogP contribution in [-0.4, -0.2) is 26.4 Å². The summed E-state index contributed by atoms with van der Waals surface area (Å²) in [6.07, 6.45) is 6.96. The van der Waals surface area contributed by atoms with Crippen LogP contribution in [0.15, 0.2) is 29.1 Å². The first-order valence-electron chi connectivity index (χ1n) is 12.9. The van der Waals surface area contributed by atoms with Crippen LogP contribution in [0.2, 0.25) is 0 Å². The number of ether oxygens (including phenoxy) is 1. The Balaban J connectivity index is 1.55. The van der Waals surface area contributed by atoms with E-state index in [1.807, 2.05) is 6.92 Å². The summed E-state index contributed by atoms with van der Waals surface area (Å²) in [5.41, 5.74) is -1.89. The fraction of sp³-hybridized carbons (Fsp3) is 0.444. The predicted molar refractivity (Wildman–Crippen MR) is 132 cm³/mol. The lowest BCUT2D eigenvalue weighted by atomic mass is 9.86. The maximum absolute atomic E-state index is 15.4. The predicted octanol–water partition coefficient (Wildman–Crippen LogP) is 5.53. The Bertz CT molecular complexity index is 1410. The normalized spacial score (nSPS) is 16.7. The molecule has 1 amide bonds. The van der Waals surface area contributed by atoms with E-state index in [0.29, 0.717) is 30.9 Å². The van der Waals surface area contributed by atoms with Crippen LogP contribution in [0.3, 0.4) is 0 Å². The van der Waals surface area contributed by atoms with Crippen molar-refractivity contribution in [2.75, 3.05) is 5.32 Å². The lowest BCUT2D eigenvalue weighted by Gasteiger charge is -2.29. The molecular formula is C27H28F4N4O3. The lowest BCUT2D eigenvalue weighted by Crippen LogP contribution is -2.28. The van der Waals surface area contributed by atoms with Crippen molar-refractivity contribution in [3.8, 4) is 11.4 Å². The molecule has 3 aromatic rings. The van der Waals surface area contributed by atoms with Crippen LogP contribution in [0.25, 0.3) is 5.69 Å². The SMILES string of the molecule is CC(Oc1cc(-n2nc3n(c2=O)CCCC3)c(F)cc1C(=O)Nc1c(F)cc(F)cc1F)C1CCCCC1. The summed E-state index contributed by atoms with van der Waals surface area (Å²) < 4.78 is 65.8. The van der Waals surface area contributed by atoms with Crippen molar-refractivity contribution < 1.29 is 27.1 Å². The molecule has 2 aromatic carbocycles. The van der Waals surface area contributed by atoms with Gasteiger partial charge in [-0.05, 0) is 44.6 Å². The van der Waals surface area contributed by atoms with Crippen molar-refractivity contribution in [2.45, 2.75) is 70.9 Å². The summed E-state index contributed by atoms with van der Waals surface area (Å²) in [5.74, 6) is -5.09. The number of aryl methyl sites for hydroxylation is 1. The van der Waals surface area contributed by atoms with E-state index in [2.05, 4.69) is 10.4 Å². The Morgan fingerprint density at radius 3 is 2.39 bits per heavy atom. The number of hydrogen-bond donors (Lipinski definition) is 1. The maximum atomic E-state index is 15.4. The highest BCUT2D eigenvalue weighted by Gasteiger charge is 2.27. The number of benzene rings is 2. The average molecular weight is 533 g/mol. The molecule has 2 aliphatic rings. The highest BCUT2D eigenvalue weighted by Crippen LogP contribution is 2.33. The molecule has 1 fully saturated rings. The van der Waals surface area contributed by atoms with Crippen LogP contribution in [-0.2, 0) is 13.0 Å². The molecule has 7 nitrogen and oxygen atoms in total. The third-order valence-corrected chi connectivity index (χ3v) is 7.36. The van der Waals surface area contributed by atoms with Crippen molar-refractivity contribution in [2.24, 2.45) is 5.92 Å². The number of carbonyl (C=O) groups is 1. The second-order valence-corrected chi connectivity index (χ2v) is 9.94. The monoisotopic (exact) mass is 532 g/mol. The van der Waals surface area contributed by atoms with Crippen LogP contribution in [0.1, 0.15) is 68.1 Å². The number of fused-ring (bicyclic) bond motifs is 1. The van der Waals surface area contributed by atoms with Gasteiger partial charge in [-0.15, -0.1) is 5.10 Å². The number of hydrogen-bond acceptors (Lipinski definition) is 4. The van der Waals surface area contributed by atoms with Crippen LogP contribution in [0.4, 0.5) is 23.2 Å². The Morgan fingerprint density at radius 1 is 1.00 bits per heavy atom. The zero-order valence-electron chi connectivity index (χ0n) is 20.9. The molecule has 11 heteroatoms. The van der Waals surface area contributed by atoms with Crippen LogP contribution >= 0.6 is 0 Å². The molecule has 0 radical (unpaired) electrons.